The van der Waals surface area contributed by atoms with Gasteiger partial charge in [0, 0.05) is 72.0 Å². The third-order valence-corrected chi connectivity index (χ3v) is 0. The largest absolute Gasteiger partial charge is 0 e. The molecule has 0 aromatic heterocycles. The average molecular weight is 270 g/mol. The molecule has 0 amide bonds. The van der Waals surface area contributed by atoms with Gasteiger partial charge in [-0.1, -0.05) is 0 Å². The van der Waals surface area contributed by atoms with Crippen LogP contribution in [-0.4, -0.2) is 0 Å². The molecular weight excluding hydrogens is 270 g/mol. The molecule has 0 aliphatic rings. The Kier molecular flexibility index (Phi) is 161. The Balaban J connectivity index is 0. The van der Waals surface area contributed by atoms with Gasteiger partial charge in [0.2, 0.25) is 0 Å². The minimum absolute atomic E-state index is 0. The van der Waals surface area contributed by atoms with E-state index < -0.39 is 0 Å². The smallest absolute Gasteiger partial charge is 0 e. The molecule has 0 aromatic rings. The number of hydrogen-bond donors (Lipinski definition) is 0. The van der Waals surface area contributed by atoms with Crippen LogP contribution in [0.1, 0.15) is 0 Å². The summed E-state index contributed by atoms with van der Waals surface area (Å²) in [5.41, 5.74) is 0. The van der Waals surface area contributed by atoms with Gasteiger partial charge in [-0.3, -0.25) is 0 Å². The van der Waals surface area contributed by atoms with E-state index in [9.17, 15) is 0 Å². The minimum Gasteiger partial charge on any atom is 0 e. The Labute approximate surface area is 71.3 Å². The molecule has 0 atom stereocenters. The van der Waals surface area contributed by atoms with E-state index in [-0.39, 0.29) is 72.0 Å². The molecule has 0 aromatic carbocycles. The molecule has 0 saturated heterocycles. The molecule has 0 bridgehead atoms. The first kappa shape index (κ1) is 34.2. The zero-order valence-electron chi connectivity index (χ0n) is 1.43. The van der Waals surface area contributed by atoms with E-state index in [2.05, 4.69) is 0 Å². The molecule has 0 spiro atoms. The summed E-state index contributed by atoms with van der Waals surface area (Å²) in [4.78, 5) is 0. The van der Waals surface area contributed by atoms with Crippen molar-refractivity contribution in [2.24, 2.45) is 0 Å². The second-order valence-corrected chi connectivity index (χ2v) is 0. The first-order valence-electron chi connectivity index (χ1n) is 0. The summed E-state index contributed by atoms with van der Waals surface area (Å²) in [7, 11) is 0. The Hall–Kier alpha value is 2.23. The molecule has 4 heavy (non-hydrogen) atoms. The van der Waals surface area contributed by atoms with Crippen molar-refractivity contribution in [3.8, 4) is 0 Å². The van der Waals surface area contributed by atoms with Crippen molar-refractivity contribution in [3.05, 3.63) is 0 Å². The van der Waals surface area contributed by atoms with E-state index >= 15 is 0 Å². The van der Waals surface area contributed by atoms with Gasteiger partial charge in [0.15, 0.2) is 0 Å². The second kappa shape index (κ2) is 18.8. The van der Waals surface area contributed by atoms with Gasteiger partial charge >= 0.3 is 0 Å². The van der Waals surface area contributed by atoms with Gasteiger partial charge in [0.25, 0.3) is 0 Å². The van der Waals surface area contributed by atoms with Crippen LogP contribution < -0.4 is 0 Å². The predicted octanol–water partition coefficient (Wildman–Crippen LogP) is -0.0100. The zero-order chi connectivity index (χ0) is 0. The fourth-order valence-electron chi connectivity index (χ4n) is 0. The first-order chi connectivity index (χ1) is 0. The normalized spacial score (nSPS) is 0. The molecule has 0 unspecified atom stereocenters. The fourth-order valence-corrected chi connectivity index (χ4v) is 0. The molecule has 0 rings (SSSR count). The van der Waals surface area contributed by atoms with Crippen molar-refractivity contribution >= 4 is 0 Å². The van der Waals surface area contributed by atoms with Gasteiger partial charge < -0.3 is 0 Å². The van der Waals surface area contributed by atoms with Gasteiger partial charge in [-0.05, 0) is 0 Å². The maximum absolute atomic E-state index is 0. The summed E-state index contributed by atoms with van der Waals surface area (Å²) < 4.78 is 0. The Morgan fingerprint density at radius 3 is 1.00 bits per heavy atom. The van der Waals surface area contributed by atoms with Gasteiger partial charge in [0.05, 0.1) is 0 Å². The summed E-state index contributed by atoms with van der Waals surface area (Å²) in [6.07, 6.45) is 0. The monoisotopic (exact) mass is 271 g/mol. The number of hydrogen-bond acceptors (Lipinski definition) is 0. The molecule has 0 saturated carbocycles. The van der Waals surface area contributed by atoms with Crippen LogP contribution in [-0.2, 0) is 72.0 Å². The van der Waals surface area contributed by atoms with Crippen molar-refractivity contribution in [2.45, 2.75) is 0 Å². The molecule has 0 N–H and O–H groups in total. The molecule has 0 nitrogen and oxygen atoms in total. The molecule has 0 heterocycles. The predicted molar refractivity (Wildman–Crippen MR) is 0 cm³/mol. The molecule has 4 heteroatoms. The summed E-state index contributed by atoms with van der Waals surface area (Å²) in [5.74, 6) is 0. The van der Waals surface area contributed by atoms with Crippen LogP contribution in [0.5, 0.6) is 0 Å². The topological polar surface area (TPSA) is 0 Å². The first-order valence-corrected chi connectivity index (χ1v) is 0. The Morgan fingerprint density at radius 2 is 1.00 bits per heavy atom. The van der Waals surface area contributed by atoms with Crippen molar-refractivity contribution in [1.82, 2.24) is 0 Å². The van der Waals surface area contributed by atoms with Gasteiger partial charge in [0.1, 0.15) is 0 Å². The summed E-state index contributed by atoms with van der Waals surface area (Å²) in [6, 6.07) is 0. The van der Waals surface area contributed by atoms with Gasteiger partial charge in [-0.2, -0.15) is 0 Å². The third kappa shape index (κ3) is 8.87. The van der Waals surface area contributed by atoms with Crippen molar-refractivity contribution in [1.29, 1.82) is 0 Å². The minimum atomic E-state index is 0. The van der Waals surface area contributed by atoms with Crippen LogP contribution in [0.4, 0.5) is 0 Å². The summed E-state index contributed by atoms with van der Waals surface area (Å²) in [5, 5.41) is 0. The maximum Gasteiger partial charge on any atom is 0 e. The van der Waals surface area contributed by atoms with Crippen molar-refractivity contribution < 1.29 is 72.0 Å². The van der Waals surface area contributed by atoms with Crippen molar-refractivity contribution in [3.63, 3.8) is 0 Å². The Bertz CT molecular complexity index is 8.00. The fraction of sp³-hybridized carbons (Fsp3) is 0. The molecular formula is CrCuMoNi. The van der Waals surface area contributed by atoms with E-state index in [1.54, 1.807) is 0 Å². The van der Waals surface area contributed by atoms with Crippen LogP contribution in [0.25, 0.3) is 0 Å². The maximum atomic E-state index is 0. The summed E-state index contributed by atoms with van der Waals surface area (Å²) >= 11 is 0. The van der Waals surface area contributed by atoms with Gasteiger partial charge in [-0.15, -0.1) is 0 Å². The van der Waals surface area contributed by atoms with E-state index in [4.69, 9.17) is 0 Å². The SMILES string of the molecule is [Cr].[Cu].[Mo].[Ni]. The van der Waals surface area contributed by atoms with E-state index in [1.165, 1.54) is 0 Å². The van der Waals surface area contributed by atoms with E-state index in [0.717, 1.165) is 0 Å². The molecule has 0 fully saturated rings. The van der Waals surface area contributed by atoms with E-state index in [1.807, 2.05) is 0 Å². The van der Waals surface area contributed by atoms with Crippen LogP contribution in [0.15, 0.2) is 0 Å². The Morgan fingerprint density at radius 1 is 1.00 bits per heavy atom. The average Bonchev–Trinajstić information content (AvgIpc) is 0. The van der Waals surface area contributed by atoms with Crippen LogP contribution >= 0.6 is 0 Å². The quantitative estimate of drug-likeness (QED) is 0.543. The van der Waals surface area contributed by atoms with Gasteiger partial charge in [-0.25, -0.2) is 0 Å². The number of rotatable bonds is 0. The van der Waals surface area contributed by atoms with Crippen LogP contribution in [0, 0.1) is 0 Å². The second-order valence-electron chi connectivity index (χ2n) is 0. The van der Waals surface area contributed by atoms with Crippen molar-refractivity contribution in [2.75, 3.05) is 0 Å². The summed E-state index contributed by atoms with van der Waals surface area (Å²) in [6.45, 7) is 0. The molecule has 0 aliphatic carbocycles. The van der Waals surface area contributed by atoms with Crippen LogP contribution in [0.3, 0.4) is 0 Å². The zero-order valence-corrected chi connectivity index (χ0v) is 6.65. The van der Waals surface area contributed by atoms with E-state index in [0.29, 0.717) is 0 Å². The van der Waals surface area contributed by atoms with Crippen LogP contribution in [0.2, 0.25) is 0 Å². The molecule has 33 valence electrons. The third-order valence-electron chi connectivity index (χ3n) is 0. The molecule has 0 aliphatic heterocycles. The standard InChI is InChI=1S/Cr.Cu.Mo.Ni. The molecule has 1 radical (unpaired) electrons.